The van der Waals surface area contributed by atoms with Crippen LogP contribution in [0.25, 0.3) is 44.8 Å². The fourth-order valence-corrected chi connectivity index (χ4v) is 4.27. The summed E-state index contributed by atoms with van der Waals surface area (Å²) in [6, 6.07) is 27.6. The molecular formula is C28H20N4O4. The van der Waals surface area contributed by atoms with Crippen LogP contribution in [0.4, 0.5) is 0 Å². The van der Waals surface area contributed by atoms with Gasteiger partial charge in [0.2, 0.25) is 13.6 Å². The van der Waals surface area contributed by atoms with Crippen LogP contribution in [-0.4, -0.2) is 33.5 Å². The maximum absolute atomic E-state index is 5.37. The van der Waals surface area contributed by atoms with Crippen molar-refractivity contribution in [1.82, 2.24) is 19.9 Å². The van der Waals surface area contributed by atoms with Crippen LogP contribution in [0.5, 0.6) is 23.0 Å². The van der Waals surface area contributed by atoms with Crippen molar-refractivity contribution in [3.05, 3.63) is 84.9 Å². The second-order valence-corrected chi connectivity index (χ2v) is 8.34. The Balaban J connectivity index is 0.000000122. The van der Waals surface area contributed by atoms with Crippen molar-refractivity contribution in [1.29, 1.82) is 0 Å². The molecule has 0 unspecified atom stereocenters. The van der Waals surface area contributed by atoms with Gasteiger partial charge in [-0.25, -0.2) is 9.97 Å². The van der Waals surface area contributed by atoms with Gasteiger partial charge in [-0.15, -0.1) is 0 Å². The molecule has 4 aromatic carbocycles. The monoisotopic (exact) mass is 476 g/mol. The third-order valence-electron chi connectivity index (χ3n) is 6.07. The van der Waals surface area contributed by atoms with E-state index in [4.69, 9.17) is 18.9 Å². The van der Waals surface area contributed by atoms with Gasteiger partial charge < -0.3 is 28.9 Å². The van der Waals surface area contributed by atoms with E-state index in [1.807, 2.05) is 84.9 Å². The molecule has 2 aliphatic heterocycles. The van der Waals surface area contributed by atoms with Crippen LogP contribution in [0.15, 0.2) is 84.9 Å². The largest absolute Gasteiger partial charge is 0.454 e. The lowest BCUT2D eigenvalue weighted by Crippen LogP contribution is -1.92. The molecule has 2 aliphatic rings. The molecule has 2 N–H and O–H groups in total. The Morgan fingerprint density at radius 1 is 0.500 bits per heavy atom. The Hall–Kier alpha value is -4.98. The number of ether oxygens (including phenoxy) is 4. The predicted molar refractivity (Wildman–Crippen MR) is 135 cm³/mol. The Kier molecular flexibility index (Phi) is 4.73. The molecule has 0 fully saturated rings. The molecule has 0 amide bonds. The maximum Gasteiger partial charge on any atom is 0.231 e. The number of benzene rings is 4. The SMILES string of the molecule is c1ccc2[nH]c(-c3ccc4c(c3)OCO4)nc2c1.c1ccc2[nH]c(-c3ccc4c(c3)OCO4)nc2c1. The molecule has 0 radical (unpaired) electrons. The first-order valence-corrected chi connectivity index (χ1v) is 11.5. The number of imidazole rings is 2. The number of hydrogen-bond acceptors (Lipinski definition) is 6. The van der Waals surface area contributed by atoms with Crippen molar-refractivity contribution in [2.24, 2.45) is 0 Å². The Labute approximate surface area is 205 Å². The number of rotatable bonds is 2. The van der Waals surface area contributed by atoms with Crippen molar-refractivity contribution in [3.8, 4) is 45.8 Å². The van der Waals surface area contributed by atoms with Gasteiger partial charge in [0.05, 0.1) is 22.1 Å². The number of aromatic amines is 2. The van der Waals surface area contributed by atoms with Gasteiger partial charge >= 0.3 is 0 Å². The van der Waals surface area contributed by atoms with Gasteiger partial charge in [-0.05, 0) is 60.7 Å². The smallest absolute Gasteiger partial charge is 0.231 e. The van der Waals surface area contributed by atoms with Gasteiger partial charge in [-0.2, -0.15) is 0 Å². The summed E-state index contributed by atoms with van der Waals surface area (Å²) in [4.78, 5) is 15.7. The van der Waals surface area contributed by atoms with Crippen LogP contribution < -0.4 is 18.9 Å². The molecule has 2 aromatic heterocycles. The first kappa shape index (κ1) is 20.4. The standard InChI is InChI=1S/2C14H10N2O2/c2*1-2-4-11-10(3-1)15-14(16-11)9-5-6-12-13(7-9)18-8-17-12/h2*1-7H,8H2,(H,15,16). The zero-order valence-corrected chi connectivity index (χ0v) is 19.0. The number of nitrogens with one attached hydrogen (secondary N) is 2. The molecule has 36 heavy (non-hydrogen) atoms. The summed E-state index contributed by atoms with van der Waals surface area (Å²) < 4.78 is 21.3. The van der Waals surface area contributed by atoms with E-state index in [0.29, 0.717) is 13.6 Å². The van der Waals surface area contributed by atoms with Crippen molar-refractivity contribution in [2.75, 3.05) is 13.6 Å². The fraction of sp³-hybridized carbons (Fsp3) is 0.0714. The molecule has 0 spiro atoms. The zero-order chi connectivity index (χ0) is 23.9. The lowest BCUT2D eigenvalue weighted by atomic mass is 10.2. The molecular weight excluding hydrogens is 456 g/mol. The molecule has 4 heterocycles. The number of fused-ring (bicyclic) bond motifs is 4. The van der Waals surface area contributed by atoms with Crippen LogP contribution in [-0.2, 0) is 0 Å². The van der Waals surface area contributed by atoms with Crippen LogP contribution in [0.3, 0.4) is 0 Å². The van der Waals surface area contributed by atoms with Gasteiger partial charge in [-0.3, -0.25) is 0 Å². The van der Waals surface area contributed by atoms with E-state index in [-0.39, 0.29) is 0 Å². The average Bonchev–Trinajstić information content (AvgIpc) is 3.72. The van der Waals surface area contributed by atoms with Crippen molar-refractivity contribution < 1.29 is 18.9 Å². The molecule has 6 aromatic rings. The number of nitrogens with zero attached hydrogens (tertiary/aromatic N) is 2. The van der Waals surface area contributed by atoms with Crippen molar-refractivity contribution in [2.45, 2.75) is 0 Å². The van der Waals surface area contributed by atoms with Crippen LogP contribution in [0.1, 0.15) is 0 Å². The highest BCUT2D eigenvalue weighted by atomic mass is 16.7. The molecule has 0 saturated carbocycles. The summed E-state index contributed by atoms with van der Waals surface area (Å²) in [5.41, 5.74) is 5.98. The van der Waals surface area contributed by atoms with E-state index < -0.39 is 0 Å². The molecule has 0 saturated heterocycles. The summed E-state index contributed by atoms with van der Waals surface area (Å²) in [6.07, 6.45) is 0. The van der Waals surface area contributed by atoms with Crippen molar-refractivity contribution >= 4 is 22.1 Å². The lowest BCUT2D eigenvalue weighted by molar-refractivity contribution is 0.173. The van der Waals surface area contributed by atoms with Crippen LogP contribution >= 0.6 is 0 Å². The summed E-state index contributed by atoms with van der Waals surface area (Å²) in [5, 5.41) is 0. The molecule has 0 atom stereocenters. The van der Waals surface area contributed by atoms with Gasteiger partial charge in [0.15, 0.2) is 23.0 Å². The molecule has 0 bridgehead atoms. The Morgan fingerprint density at radius 3 is 1.42 bits per heavy atom. The lowest BCUT2D eigenvalue weighted by Gasteiger charge is -1.99. The molecule has 8 rings (SSSR count). The molecule has 8 heteroatoms. The highest BCUT2D eigenvalue weighted by Gasteiger charge is 2.16. The quantitative estimate of drug-likeness (QED) is 0.322. The Morgan fingerprint density at radius 2 is 0.944 bits per heavy atom. The number of para-hydroxylation sites is 4. The fourth-order valence-electron chi connectivity index (χ4n) is 4.27. The second kappa shape index (κ2) is 8.35. The maximum atomic E-state index is 5.37. The minimum absolute atomic E-state index is 0.291. The van der Waals surface area contributed by atoms with Crippen LogP contribution in [0.2, 0.25) is 0 Å². The van der Waals surface area contributed by atoms with Gasteiger partial charge in [0.25, 0.3) is 0 Å². The predicted octanol–water partition coefficient (Wildman–Crippen LogP) is 5.92. The number of H-pyrrole nitrogens is 2. The summed E-state index contributed by atoms with van der Waals surface area (Å²) in [7, 11) is 0. The van der Waals surface area contributed by atoms with E-state index in [1.54, 1.807) is 0 Å². The van der Waals surface area contributed by atoms with E-state index in [1.165, 1.54) is 0 Å². The van der Waals surface area contributed by atoms with E-state index in [9.17, 15) is 0 Å². The van der Waals surface area contributed by atoms with Gasteiger partial charge in [0, 0.05) is 11.1 Å². The minimum atomic E-state index is 0.291. The Bertz CT molecular complexity index is 1530. The third kappa shape index (κ3) is 3.65. The summed E-state index contributed by atoms with van der Waals surface area (Å²) in [6.45, 7) is 0.581. The van der Waals surface area contributed by atoms with E-state index in [2.05, 4.69) is 19.9 Å². The third-order valence-corrected chi connectivity index (χ3v) is 6.07. The topological polar surface area (TPSA) is 94.3 Å². The molecule has 176 valence electrons. The summed E-state index contributed by atoms with van der Waals surface area (Å²) >= 11 is 0. The van der Waals surface area contributed by atoms with Crippen LogP contribution in [0, 0.1) is 0 Å². The summed E-state index contributed by atoms with van der Waals surface area (Å²) in [5.74, 6) is 4.80. The molecule has 0 aliphatic carbocycles. The molecule has 8 nitrogen and oxygen atoms in total. The number of aromatic nitrogens is 4. The van der Waals surface area contributed by atoms with E-state index >= 15 is 0 Å². The van der Waals surface area contributed by atoms with E-state index in [0.717, 1.165) is 67.8 Å². The first-order chi connectivity index (χ1) is 17.8. The average molecular weight is 476 g/mol. The van der Waals surface area contributed by atoms with Gasteiger partial charge in [-0.1, -0.05) is 24.3 Å². The zero-order valence-electron chi connectivity index (χ0n) is 19.0. The second-order valence-electron chi connectivity index (χ2n) is 8.34. The van der Waals surface area contributed by atoms with Gasteiger partial charge in [0.1, 0.15) is 11.6 Å². The highest BCUT2D eigenvalue weighted by molar-refractivity contribution is 5.80. The normalized spacial score (nSPS) is 13.1. The highest BCUT2D eigenvalue weighted by Crippen LogP contribution is 2.36. The number of hydrogen-bond donors (Lipinski definition) is 2. The first-order valence-electron chi connectivity index (χ1n) is 11.5. The van der Waals surface area contributed by atoms with Crippen molar-refractivity contribution in [3.63, 3.8) is 0 Å². The minimum Gasteiger partial charge on any atom is -0.454 e.